The van der Waals surface area contributed by atoms with Crippen molar-refractivity contribution < 1.29 is 13.2 Å². The Hall–Kier alpha value is -3.10. The Kier molecular flexibility index (Phi) is 6.08. The molecule has 0 atom stereocenters. The van der Waals surface area contributed by atoms with Crippen molar-refractivity contribution in [2.45, 2.75) is 31.2 Å². The number of hydrogen-bond donors (Lipinski definition) is 0. The molecule has 0 saturated carbocycles. The van der Waals surface area contributed by atoms with Crippen LogP contribution in [0.15, 0.2) is 71.9 Å². The molecular formula is C24H23N3O3S2. The van der Waals surface area contributed by atoms with Gasteiger partial charge >= 0.3 is 0 Å². The molecule has 2 aromatic carbocycles. The number of carbonyl (C=O) groups excluding carboxylic acids is 1. The zero-order chi connectivity index (χ0) is 22.9. The number of thiazole rings is 1. The van der Waals surface area contributed by atoms with Crippen molar-refractivity contribution in [3.8, 4) is 0 Å². The Morgan fingerprint density at radius 2 is 1.81 bits per heavy atom. The lowest BCUT2D eigenvalue weighted by atomic mass is 10.0. The predicted molar refractivity (Wildman–Crippen MR) is 128 cm³/mol. The molecule has 2 heterocycles. The van der Waals surface area contributed by atoms with Crippen molar-refractivity contribution in [1.82, 2.24) is 9.97 Å². The summed E-state index contributed by atoms with van der Waals surface area (Å²) < 4.78 is 24.6. The van der Waals surface area contributed by atoms with Crippen molar-refractivity contribution in [3.05, 3.63) is 83.7 Å². The van der Waals surface area contributed by atoms with Gasteiger partial charge in [0.2, 0.25) is 0 Å². The van der Waals surface area contributed by atoms with E-state index in [1.165, 1.54) is 23.5 Å². The van der Waals surface area contributed by atoms with Crippen LogP contribution in [-0.4, -0.2) is 30.5 Å². The number of sulfone groups is 1. The number of para-hydroxylation sites is 1. The molecule has 0 aliphatic carbocycles. The fourth-order valence-corrected chi connectivity index (χ4v) is 5.07. The normalized spacial score (nSPS) is 11.8. The van der Waals surface area contributed by atoms with Gasteiger partial charge < -0.3 is 0 Å². The summed E-state index contributed by atoms with van der Waals surface area (Å²) in [7, 11) is -3.34. The molecule has 2 aromatic heterocycles. The maximum absolute atomic E-state index is 13.5. The van der Waals surface area contributed by atoms with Gasteiger partial charge in [-0.25, -0.2) is 13.4 Å². The van der Waals surface area contributed by atoms with Gasteiger partial charge in [0.25, 0.3) is 5.91 Å². The summed E-state index contributed by atoms with van der Waals surface area (Å²) in [5.74, 6) is 0.0544. The molecule has 0 aliphatic rings. The first-order valence-electron chi connectivity index (χ1n) is 10.1. The smallest absolute Gasteiger partial charge is 0.260 e. The highest BCUT2D eigenvalue weighted by atomic mass is 32.2. The monoisotopic (exact) mass is 465 g/mol. The molecule has 6 nitrogen and oxygen atoms in total. The number of pyridine rings is 1. The fraction of sp³-hybridized carbons (Fsp3) is 0.208. The second-order valence-electron chi connectivity index (χ2n) is 7.89. The molecular weight excluding hydrogens is 442 g/mol. The molecule has 32 heavy (non-hydrogen) atoms. The number of rotatable bonds is 6. The number of amides is 1. The van der Waals surface area contributed by atoms with Gasteiger partial charge in [-0.05, 0) is 53.4 Å². The summed E-state index contributed by atoms with van der Waals surface area (Å²) in [6.07, 6.45) is 4.55. The highest BCUT2D eigenvalue weighted by Crippen LogP contribution is 2.34. The van der Waals surface area contributed by atoms with Crippen molar-refractivity contribution in [2.75, 3.05) is 11.2 Å². The quantitative estimate of drug-likeness (QED) is 0.397. The summed E-state index contributed by atoms with van der Waals surface area (Å²) in [6, 6.07) is 15.8. The third-order valence-corrected chi connectivity index (χ3v) is 7.30. The van der Waals surface area contributed by atoms with Crippen LogP contribution in [0.4, 0.5) is 5.13 Å². The molecule has 0 aliphatic heterocycles. The van der Waals surface area contributed by atoms with E-state index in [0.29, 0.717) is 23.2 Å². The van der Waals surface area contributed by atoms with Gasteiger partial charge in [0.05, 0.1) is 21.7 Å². The fourth-order valence-electron chi connectivity index (χ4n) is 3.44. The van der Waals surface area contributed by atoms with E-state index in [1.807, 2.05) is 24.3 Å². The molecule has 0 bridgehead atoms. The number of benzene rings is 2. The van der Waals surface area contributed by atoms with Crippen LogP contribution in [0, 0.1) is 0 Å². The van der Waals surface area contributed by atoms with Crippen molar-refractivity contribution in [3.63, 3.8) is 0 Å². The second-order valence-corrected chi connectivity index (χ2v) is 10.9. The minimum Gasteiger partial charge on any atom is -0.279 e. The third kappa shape index (κ3) is 4.56. The van der Waals surface area contributed by atoms with E-state index in [9.17, 15) is 13.2 Å². The number of aromatic nitrogens is 2. The van der Waals surface area contributed by atoms with Gasteiger partial charge in [-0.2, -0.15) is 0 Å². The van der Waals surface area contributed by atoms with E-state index in [0.717, 1.165) is 27.6 Å². The van der Waals surface area contributed by atoms with Crippen LogP contribution in [0.3, 0.4) is 0 Å². The minimum absolute atomic E-state index is 0.175. The molecule has 0 radical (unpaired) electrons. The number of fused-ring (bicyclic) bond motifs is 1. The molecule has 0 fully saturated rings. The van der Waals surface area contributed by atoms with E-state index in [4.69, 9.17) is 4.98 Å². The van der Waals surface area contributed by atoms with Gasteiger partial charge in [0, 0.05) is 24.2 Å². The summed E-state index contributed by atoms with van der Waals surface area (Å²) in [5.41, 5.74) is 3.30. The van der Waals surface area contributed by atoms with Crippen molar-refractivity contribution in [2.24, 2.45) is 0 Å². The average molecular weight is 466 g/mol. The van der Waals surface area contributed by atoms with Gasteiger partial charge in [0.1, 0.15) is 0 Å². The van der Waals surface area contributed by atoms with E-state index < -0.39 is 9.84 Å². The second kappa shape index (κ2) is 8.80. The number of hydrogen-bond acceptors (Lipinski definition) is 6. The first kappa shape index (κ1) is 22.1. The lowest BCUT2D eigenvalue weighted by Gasteiger charge is -2.20. The first-order valence-corrected chi connectivity index (χ1v) is 12.8. The Morgan fingerprint density at radius 1 is 1.06 bits per heavy atom. The first-order chi connectivity index (χ1) is 15.2. The van der Waals surface area contributed by atoms with Gasteiger partial charge in [0.15, 0.2) is 15.0 Å². The molecule has 1 amide bonds. The average Bonchev–Trinajstić information content (AvgIpc) is 3.21. The molecule has 0 N–H and O–H groups in total. The summed E-state index contributed by atoms with van der Waals surface area (Å²) in [4.78, 5) is 24.3. The topological polar surface area (TPSA) is 80.2 Å². The van der Waals surface area contributed by atoms with Crippen molar-refractivity contribution >= 4 is 42.4 Å². The van der Waals surface area contributed by atoms with E-state index in [2.05, 4.69) is 24.9 Å². The third-order valence-electron chi connectivity index (χ3n) is 5.13. The maximum atomic E-state index is 13.5. The Balaban J connectivity index is 1.78. The van der Waals surface area contributed by atoms with Gasteiger partial charge in [-0.15, -0.1) is 0 Å². The largest absolute Gasteiger partial charge is 0.279 e. The van der Waals surface area contributed by atoms with Crippen LogP contribution >= 0.6 is 11.3 Å². The van der Waals surface area contributed by atoms with Gasteiger partial charge in [-0.3, -0.25) is 14.7 Å². The molecule has 4 aromatic rings. The summed E-state index contributed by atoms with van der Waals surface area (Å²) in [6.45, 7) is 4.54. The predicted octanol–water partition coefficient (Wildman–Crippen LogP) is 5.07. The van der Waals surface area contributed by atoms with Gasteiger partial charge in [-0.1, -0.05) is 43.4 Å². The molecule has 0 unspecified atom stereocenters. The minimum atomic E-state index is -3.34. The van der Waals surface area contributed by atoms with Crippen LogP contribution in [0.25, 0.3) is 10.2 Å². The summed E-state index contributed by atoms with van der Waals surface area (Å²) >= 11 is 1.46. The summed E-state index contributed by atoms with van der Waals surface area (Å²) in [5, 5.41) is 0.592. The van der Waals surface area contributed by atoms with Crippen LogP contribution < -0.4 is 4.90 Å². The maximum Gasteiger partial charge on any atom is 0.260 e. The highest BCUT2D eigenvalue weighted by Gasteiger charge is 2.23. The SMILES string of the molecule is CC(C)c1cccc2sc(N(Cc3cccnc3)C(=O)c3ccc(S(C)(=O)=O)cc3)nc12. The van der Waals surface area contributed by atoms with E-state index in [-0.39, 0.29) is 10.8 Å². The number of nitrogens with zero attached hydrogens (tertiary/aromatic N) is 3. The molecule has 164 valence electrons. The zero-order valence-electron chi connectivity index (χ0n) is 18.0. The Morgan fingerprint density at radius 3 is 2.44 bits per heavy atom. The van der Waals surface area contributed by atoms with E-state index >= 15 is 0 Å². The zero-order valence-corrected chi connectivity index (χ0v) is 19.7. The van der Waals surface area contributed by atoms with Crippen LogP contribution in [-0.2, 0) is 16.4 Å². The lowest BCUT2D eigenvalue weighted by Crippen LogP contribution is -2.30. The molecule has 8 heteroatoms. The molecule has 4 rings (SSSR count). The lowest BCUT2D eigenvalue weighted by molar-refractivity contribution is 0.0985. The Labute approximate surface area is 191 Å². The van der Waals surface area contributed by atoms with Crippen LogP contribution in [0.5, 0.6) is 0 Å². The molecule has 0 spiro atoms. The Bertz CT molecular complexity index is 1360. The van der Waals surface area contributed by atoms with Crippen LogP contribution in [0.2, 0.25) is 0 Å². The van der Waals surface area contributed by atoms with E-state index in [1.54, 1.807) is 29.4 Å². The standard InChI is InChI=1S/C24H23N3O3S2/c1-16(2)20-7-4-8-21-22(20)26-24(31-21)27(15-17-6-5-13-25-14-17)23(28)18-9-11-19(12-10-18)32(3,29)30/h4-14,16H,15H2,1-3H3. The number of carbonyl (C=O) groups is 1. The highest BCUT2D eigenvalue weighted by molar-refractivity contribution is 7.90. The molecule has 0 saturated heterocycles. The van der Waals surface area contributed by atoms with Crippen LogP contribution in [0.1, 0.15) is 41.3 Å². The number of anilines is 1. The van der Waals surface area contributed by atoms with Crippen molar-refractivity contribution in [1.29, 1.82) is 0 Å².